The number of aryl methyl sites for hydroxylation is 1. The number of aromatic nitrogens is 3. The van der Waals surface area contributed by atoms with Gasteiger partial charge in [0.15, 0.2) is 0 Å². The lowest BCUT2D eigenvalue weighted by Gasteiger charge is -2.09. The largest absolute Gasteiger partial charge is 0.369 e. The standard InChI is InChI=1S/C12H19N5S/c1-8(6-13)4-3-5-14-11-10-9(2)17-18-12(10)16-7-15-11/h7-8H,3-6,13H2,1-2H3,(H,14,15,16). The van der Waals surface area contributed by atoms with Gasteiger partial charge in [-0.2, -0.15) is 4.37 Å². The third-order valence-electron chi connectivity index (χ3n) is 3.01. The number of nitrogens with zero attached hydrogens (tertiary/aromatic N) is 3. The van der Waals surface area contributed by atoms with Crippen LogP contribution in [0, 0.1) is 12.8 Å². The zero-order valence-corrected chi connectivity index (χ0v) is 11.6. The van der Waals surface area contributed by atoms with E-state index in [0.29, 0.717) is 5.92 Å². The third kappa shape index (κ3) is 2.94. The molecule has 1 unspecified atom stereocenters. The molecule has 0 saturated heterocycles. The number of rotatable bonds is 6. The zero-order valence-electron chi connectivity index (χ0n) is 10.8. The van der Waals surface area contributed by atoms with Crippen LogP contribution in [-0.4, -0.2) is 27.4 Å². The van der Waals surface area contributed by atoms with Crippen LogP contribution in [0.4, 0.5) is 5.82 Å². The van der Waals surface area contributed by atoms with Crippen molar-refractivity contribution < 1.29 is 0 Å². The first kappa shape index (κ1) is 13.2. The van der Waals surface area contributed by atoms with Crippen molar-refractivity contribution in [2.45, 2.75) is 26.7 Å². The van der Waals surface area contributed by atoms with Gasteiger partial charge < -0.3 is 11.1 Å². The molecule has 18 heavy (non-hydrogen) atoms. The Labute approximate surface area is 111 Å². The molecular formula is C12H19N5S. The minimum atomic E-state index is 0.585. The second-order valence-corrected chi connectivity index (χ2v) is 5.33. The Balaban J connectivity index is 1.97. The molecule has 0 aliphatic rings. The molecule has 2 aromatic heterocycles. The second-order valence-electron chi connectivity index (χ2n) is 4.58. The molecule has 0 fully saturated rings. The molecule has 0 aliphatic heterocycles. The van der Waals surface area contributed by atoms with Crippen molar-refractivity contribution in [3.05, 3.63) is 12.0 Å². The Morgan fingerprint density at radius 2 is 2.28 bits per heavy atom. The number of nitrogens with one attached hydrogen (secondary N) is 1. The summed E-state index contributed by atoms with van der Waals surface area (Å²) in [6.45, 7) is 5.83. The van der Waals surface area contributed by atoms with E-state index in [9.17, 15) is 0 Å². The van der Waals surface area contributed by atoms with Gasteiger partial charge in [0.05, 0.1) is 11.1 Å². The van der Waals surface area contributed by atoms with Crippen LogP contribution >= 0.6 is 11.5 Å². The van der Waals surface area contributed by atoms with Gasteiger partial charge in [0, 0.05) is 6.54 Å². The number of nitrogens with two attached hydrogens (primary N) is 1. The summed E-state index contributed by atoms with van der Waals surface area (Å²) in [7, 11) is 0. The number of hydrogen-bond acceptors (Lipinski definition) is 6. The molecule has 5 nitrogen and oxygen atoms in total. The minimum absolute atomic E-state index is 0.585. The zero-order chi connectivity index (χ0) is 13.0. The van der Waals surface area contributed by atoms with Crippen LogP contribution in [0.3, 0.4) is 0 Å². The molecule has 98 valence electrons. The van der Waals surface area contributed by atoms with E-state index in [1.54, 1.807) is 6.33 Å². The lowest BCUT2D eigenvalue weighted by Crippen LogP contribution is -2.12. The molecule has 2 rings (SSSR count). The maximum absolute atomic E-state index is 5.60. The van der Waals surface area contributed by atoms with Gasteiger partial charge in [0.25, 0.3) is 0 Å². The fourth-order valence-electron chi connectivity index (χ4n) is 1.83. The Bertz CT molecular complexity index is 510. The summed E-state index contributed by atoms with van der Waals surface area (Å²) in [6, 6.07) is 0. The molecule has 6 heteroatoms. The van der Waals surface area contributed by atoms with Crippen molar-refractivity contribution in [3.8, 4) is 0 Å². The highest BCUT2D eigenvalue weighted by molar-refractivity contribution is 7.13. The predicted octanol–water partition coefficient (Wildman–Crippen LogP) is 2.18. The topological polar surface area (TPSA) is 76.7 Å². The first-order valence-corrected chi connectivity index (χ1v) is 7.00. The SMILES string of the molecule is Cc1nsc2ncnc(NCCCC(C)CN)c12. The van der Waals surface area contributed by atoms with Crippen LogP contribution in [-0.2, 0) is 0 Å². The first-order chi connectivity index (χ1) is 8.72. The molecule has 0 radical (unpaired) electrons. The van der Waals surface area contributed by atoms with Crippen LogP contribution in [0.2, 0.25) is 0 Å². The summed E-state index contributed by atoms with van der Waals surface area (Å²) in [5.74, 6) is 1.48. The molecule has 0 aliphatic carbocycles. The van der Waals surface area contributed by atoms with Crippen LogP contribution in [0.5, 0.6) is 0 Å². The summed E-state index contributed by atoms with van der Waals surface area (Å²) >= 11 is 1.42. The molecule has 2 heterocycles. The van der Waals surface area contributed by atoms with Crippen LogP contribution in [0.15, 0.2) is 6.33 Å². The molecule has 0 saturated carbocycles. The van der Waals surface area contributed by atoms with Crippen LogP contribution in [0.25, 0.3) is 10.2 Å². The molecule has 1 atom stereocenters. The van der Waals surface area contributed by atoms with Gasteiger partial charge in [0.1, 0.15) is 17.0 Å². The van der Waals surface area contributed by atoms with Crippen molar-refractivity contribution in [2.75, 3.05) is 18.4 Å². The number of anilines is 1. The first-order valence-electron chi connectivity index (χ1n) is 6.23. The van der Waals surface area contributed by atoms with Gasteiger partial charge in [0.2, 0.25) is 0 Å². The highest BCUT2D eigenvalue weighted by Gasteiger charge is 2.09. The molecule has 0 spiro atoms. The van der Waals surface area contributed by atoms with Crippen molar-refractivity contribution in [3.63, 3.8) is 0 Å². The highest BCUT2D eigenvalue weighted by atomic mass is 32.1. The molecule has 0 aromatic carbocycles. The van der Waals surface area contributed by atoms with Crippen molar-refractivity contribution in [1.82, 2.24) is 14.3 Å². The van der Waals surface area contributed by atoms with E-state index < -0.39 is 0 Å². The molecule has 2 aromatic rings. The maximum atomic E-state index is 5.60. The number of hydrogen-bond donors (Lipinski definition) is 2. The summed E-state index contributed by atoms with van der Waals surface area (Å²) in [5.41, 5.74) is 6.59. The van der Waals surface area contributed by atoms with Gasteiger partial charge in [-0.15, -0.1) is 0 Å². The average molecular weight is 265 g/mol. The fourth-order valence-corrected chi connectivity index (χ4v) is 2.58. The Morgan fingerprint density at radius 1 is 1.44 bits per heavy atom. The van der Waals surface area contributed by atoms with Gasteiger partial charge >= 0.3 is 0 Å². The van der Waals surface area contributed by atoms with Crippen LogP contribution in [0.1, 0.15) is 25.5 Å². The van der Waals surface area contributed by atoms with Gasteiger partial charge in [-0.05, 0) is 43.8 Å². The Hall–Kier alpha value is -1.27. The lowest BCUT2D eigenvalue weighted by atomic mass is 10.1. The lowest BCUT2D eigenvalue weighted by molar-refractivity contribution is 0.529. The normalized spacial score (nSPS) is 12.8. The average Bonchev–Trinajstić information content (AvgIpc) is 2.77. The van der Waals surface area contributed by atoms with E-state index in [0.717, 1.165) is 47.7 Å². The second kappa shape index (κ2) is 6.06. The maximum Gasteiger partial charge on any atom is 0.149 e. The van der Waals surface area contributed by atoms with Crippen molar-refractivity contribution in [1.29, 1.82) is 0 Å². The summed E-state index contributed by atoms with van der Waals surface area (Å²) < 4.78 is 4.31. The Morgan fingerprint density at radius 3 is 3.06 bits per heavy atom. The minimum Gasteiger partial charge on any atom is -0.369 e. The summed E-state index contributed by atoms with van der Waals surface area (Å²) in [4.78, 5) is 9.46. The van der Waals surface area contributed by atoms with Crippen molar-refractivity contribution >= 4 is 27.6 Å². The highest BCUT2D eigenvalue weighted by Crippen LogP contribution is 2.25. The van der Waals surface area contributed by atoms with E-state index in [1.165, 1.54) is 11.5 Å². The smallest absolute Gasteiger partial charge is 0.149 e. The number of fused-ring (bicyclic) bond motifs is 1. The molecule has 0 amide bonds. The van der Waals surface area contributed by atoms with E-state index in [2.05, 4.69) is 26.6 Å². The van der Waals surface area contributed by atoms with Gasteiger partial charge in [-0.3, -0.25) is 0 Å². The third-order valence-corrected chi connectivity index (χ3v) is 3.86. The van der Waals surface area contributed by atoms with E-state index >= 15 is 0 Å². The monoisotopic (exact) mass is 265 g/mol. The molecule has 3 N–H and O–H groups in total. The summed E-state index contributed by atoms with van der Waals surface area (Å²) in [5, 5.41) is 4.42. The quantitative estimate of drug-likeness (QED) is 0.783. The molecule has 0 bridgehead atoms. The van der Waals surface area contributed by atoms with E-state index in [-0.39, 0.29) is 0 Å². The fraction of sp³-hybridized carbons (Fsp3) is 0.583. The van der Waals surface area contributed by atoms with E-state index in [4.69, 9.17) is 5.73 Å². The Kier molecular flexibility index (Phi) is 4.43. The predicted molar refractivity (Wildman–Crippen MR) is 75.9 cm³/mol. The van der Waals surface area contributed by atoms with Crippen LogP contribution < -0.4 is 11.1 Å². The van der Waals surface area contributed by atoms with E-state index in [1.807, 2.05) is 6.92 Å². The van der Waals surface area contributed by atoms with Gasteiger partial charge in [-0.25, -0.2) is 9.97 Å². The van der Waals surface area contributed by atoms with Gasteiger partial charge in [-0.1, -0.05) is 6.92 Å². The van der Waals surface area contributed by atoms with Crippen molar-refractivity contribution in [2.24, 2.45) is 11.7 Å². The summed E-state index contributed by atoms with van der Waals surface area (Å²) in [6.07, 6.45) is 3.82. The molecular weight excluding hydrogens is 246 g/mol.